The van der Waals surface area contributed by atoms with Crippen LogP contribution in [0.25, 0.3) is 0 Å². The highest BCUT2D eigenvalue weighted by molar-refractivity contribution is 5.85. The van der Waals surface area contributed by atoms with Crippen molar-refractivity contribution >= 4 is 36.5 Å². The minimum absolute atomic E-state index is 0. The van der Waals surface area contributed by atoms with Crippen LogP contribution in [0.1, 0.15) is 31.2 Å². The molecule has 3 rings (SSSR count). The molecule has 0 saturated carbocycles. The number of rotatable bonds is 4. The number of carbonyl (C=O) groups is 1. The van der Waals surface area contributed by atoms with Crippen LogP contribution in [-0.4, -0.2) is 54.2 Å². The first-order valence-corrected chi connectivity index (χ1v) is 9.18. The Bertz CT molecular complexity index is 587. The maximum absolute atomic E-state index is 12.7. The van der Waals surface area contributed by atoms with Crippen LogP contribution in [0.2, 0.25) is 0 Å². The summed E-state index contributed by atoms with van der Waals surface area (Å²) in [5.74, 6) is 0.512. The Morgan fingerprint density at radius 1 is 1.22 bits per heavy atom. The molecule has 2 atom stereocenters. The molecule has 1 amide bonds. The molecule has 7 nitrogen and oxygen atoms in total. The topological polar surface area (TPSA) is 106 Å². The summed E-state index contributed by atoms with van der Waals surface area (Å²) in [4.78, 5) is 19.2. The van der Waals surface area contributed by atoms with Crippen molar-refractivity contribution in [2.75, 3.05) is 32.0 Å². The number of nitrogens with zero attached hydrogens (tertiary/aromatic N) is 2. The second-order valence-corrected chi connectivity index (χ2v) is 7.10. The van der Waals surface area contributed by atoms with Gasteiger partial charge in [0.1, 0.15) is 5.82 Å². The van der Waals surface area contributed by atoms with E-state index >= 15 is 0 Å². The molecule has 0 spiro atoms. The van der Waals surface area contributed by atoms with Crippen LogP contribution in [0.15, 0.2) is 18.3 Å². The number of anilines is 1. The predicted molar refractivity (Wildman–Crippen MR) is 111 cm³/mol. The van der Waals surface area contributed by atoms with Gasteiger partial charge in [0.25, 0.3) is 0 Å². The van der Waals surface area contributed by atoms with Gasteiger partial charge in [0.2, 0.25) is 5.91 Å². The van der Waals surface area contributed by atoms with E-state index in [0.717, 1.165) is 57.6 Å². The van der Waals surface area contributed by atoms with E-state index in [0.29, 0.717) is 18.4 Å². The van der Waals surface area contributed by atoms with Gasteiger partial charge in [-0.2, -0.15) is 0 Å². The minimum Gasteiger partial charge on any atom is -0.383 e. The van der Waals surface area contributed by atoms with Crippen LogP contribution >= 0.6 is 24.8 Å². The number of hydrogen-bond acceptors (Lipinski definition) is 6. The summed E-state index contributed by atoms with van der Waals surface area (Å²) in [5.41, 5.74) is 12.9. The highest BCUT2D eigenvalue weighted by Crippen LogP contribution is 2.22. The van der Waals surface area contributed by atoms with E-state index in [-0.39, 0.29) is 42.7 Å². The highest BCUT2D eigenvalue weighted by atomic mass is 35.5. The van der Waals surface area contributed by atoms with Gasteiger partial charge < -0.3 is 21.5 Å². The third kappa shape index (κ3) is 6.76. The van der Waals surface area contributed by atoms with E-state index in [9.17, 15) is 4.79 Å². The molecular formula is C18H31Cl2N5O2. The number of nitrogens with two attached hydrogens (primary N) is 2. The largest absolute Gasteiger partial charge is 0.383 e. The Labute approximate surface area is 173 Å². The van der Waals surface area contributed by atoms with Crippen molar-refractivity contribution < 1.29 is 9.53 Å². The minimum atomic E-state index is -0.0331. The average Bonchev–Trinajstić information content (AvgIpc) is 2.83. The van der Waals surface area contributed by atoms with E-state index in [4.69, 9.17) is 16.2 Å². The predicted octanol–water partition coefficient (Wildman–Crippen LogP) is 1.34. The summed E-state index contributed by atoms with van der Waals surface area (Å²) in [6, 6.07) is 4.33. The summed E-state index contributed by atoms with van der Waals surface area (Å²) < 4.78 is 5.47. The number of halogens is 2. The van der Waals surface area contributed by atoms with Crippen LogP contribution in [0.4, 0.5) is 5.82 Å². The molecule has 1 aromatic heterocycles. The summed E-state index contributed by atoms with van der Waals surface area (Å²) in [7, 11) is 0. The summed E-state index contributed by atoms with van der Waals surface area (Å²) in [6.07, 6.45) is 5.40. The molecule has 3 heterocycles. The molecule has 154 valence electrons. The molecule has 0 bridgehead atoms. The molecule has 1 aromatic rings. The Morgan fingerprint density at radius 3 is 2.67 bits per heavy atom. The van der Waals surface area contributed by atoms with E-state index in [1.54, 1.807) is 6.20 Å². The van der Waals surface area contributed by atoms with Gasteiger partial charge in [-0.25, -0.2) is 4.98 Å². The maximum Gasteiger partial charge on any atom is 0.224 e. The normalized spacial score (nSPS) is 24.2. The standard InChI is InChI=1S/C18H29N5O2.2ClH/c19-15-4-3-14(11-23(12-15)16-5-8-25-9-6-16)18(24)22-10-13-2-1-7-21-17(13)20;;/h1-2,7,14-16H,3-6,8-12,19H2,(H2,20,21)(H,22,24);2*1H/t14-,15+;;/m1../s1. The van der Waals surface area contributed by atoms with Gasteiger partial charge in [-0.15, -0.1) is 24.8 Å². The van der Waals surface area contributed by atoms with Crippen LogP contribution < -0.4 is 16.8 Å². The fraction of sp³-hybridized carbons (Fsp3) is 0.667. The number of nitrogen functional groups attached to an aromatic ring is 1. The number of nitrogens with one attached hydrogen (secondary N) is 1. The molecule has 5 N–H and O–H groups in total. The van der Waals surface area contributed by atoms with Crippen molar-refractivity contribution in [1.29, 1.82) is 0 Å². The molecule has 2 aliphatic rings. The van der Waals surface area contributed by atoms with Crippen molar-refractivity contribution in [3.63, 3.8) is 0 Å². The SMILES string of the molecule is Cl.Cl.Nc1ncccc1CNC(=O)[C@@H]1CC[C@H](N)CN(C2CCOCC2)C1. The molecule has 0 radical (unpaired) electrons. The molecule has 0 aliphatic carbocycles. The molecule has 2 aliphatic heterocycles. The smallest absolute Gasteiger partial charge is 0.224 e. The van der Waals surface area contributed by atoms with Crippen molar-refractivity contribution in [2.45, 2.75) is 44.3 Å². The van der Waals surface area contributed by atoms with Gasteiger partial charge in [0.05, 0.1) is 5.92 Å². The van der Waals surface area contributed by atoms with Gasteiger partial charge in [-0.1, -0.05) is 6.07 Å². The van der Waals surface area contributed by atoms with Gasteiger partial charge in [0, 0.05) is 56.7 Å². The first-order chi connectivity index (χ1) is 12.1. The van der Waals surface area contributed by atoms with E-state index in [1.807, 2.05) is 12.1 Å². The van der Waals surface area contributed by atoms with E-state index < -0.39 is 0 Å². The van der Waals surface area contributed by atoms with Crippen molar-refractivity contribution in [3.05, 3.63) is 23.9 Å². The molecule has 2 fully saturated rings. The summed E-state index contributed by atoms with van der Waals surface area (Å²) >= 11 is 0. The Kier molecular flexibility index (Phi) is 10.3. The van der Waals surface area contributed by atoms with Crippen molar-refractivity contribution in [1.82, 2.24) is 15.2 Å². The third-order valence-corrected chi connectivity index (χ3v) is 5.27. The second kappa shape index (κ2) is 11.7. The monoisotopic (exact) mass is 419 g/mol. The number of hydrogen-bond donors (Lipinski definition) is 3. The molecule has 0 unspecified atom stereocenters. The lowest BCUT2D eigenvalue weighted by Gasteiger charge is -2.35. The van der Waals surface area contributed by atoms with Gasteiger partial charge in [0.15, 0.2) is 0 Å². The summed E-state index contributed by atoms with van der Waals surface area (Å²) in [5, 5.41) is 3.02. The second-order valence-electron chi connectivity index (χ2n) is 7.10. The van der Waals surface area contributed by atoms with Crippen LogP contribution in [0.3, 0.4) is 0 Å². The van der Waals surface area contributed by atoms with Gasteiger partial charge in [-0.3, -0.25) is 9.69 Å². The number of carbonyl (C=O) groups excluding carboxylic acids is 1. The number of ether oxygens (including phenoxy) is 1. The lowest BCUT2D eigenvalue weighted by atomic mass is 10.0. The zero-order valence-corrected chi connectivity index (χ0v) is 17.1. The quantitative estimate of drug-likeness (QED) is 0.679. The highest BCUT2D eigenvalue weighted by Gasteiger charge is 2.31. The van der Waals surface area contributed by atoms with Gasteiger partial charge >= 0.3 is 0 Å². The molecule has 9 heteroatoms. The molecule has 2 saturated heterocycles. The Hall–Kier alpha value is -1.12. The number of likely N-dealkylation sites (tertiary alicyclic amines) is 1. The Balaban J connectivity index is 0.00000182. The number of aromatic nitrogens is 1. The first-order valence-electron chi connectivity index (χ1n) is 9.18. The summed E-state index contributed by atoms with van der Waals surface area (Å²) in [6.45, 7) is 3.65. The van der Waals surface area contributed by atoms with E-state index in [2.05, 4.69) is 15.2 Å². The zero-order chi connectivity index (χ0) is 17.6. The fourth-order valence-corrected chi connectivity index (χ4v) is 3.75. The fourth-order valence-electron chi connectivity index (χ4n) is 3.75. The van der Waals surface area contributed by atoms with Gasteiger partial charge in [-0.05, 0) is 31.7 Å². The molecule has 27 heavy (non-hydrogen) atoms. The zero-order valence-electron chi connectivity index (χ0n) is 15.5. The first kappa shape index (κ1) is 23.9. The number of pyridine rings is 1. The van der Waals surface area contributed by atoms with Crippen LogP contribution in [0, 0.1) is 5.92 Å². The van der Waals surface area contributed by atoms with Crippen LogP contribution in [0.5, 0.6) is 0 Å². The maximum atomic E-state index is 12.7. The van der Waals surface area contributed by atoms with E-state index in [1.165, 1.54) is 0 Å². The average molecular weight is 420 g/mol. The third-order valence-electron chi connectivity index (χ3n) is 5.27. The number of amides is 1. The molecule has 0 aromatic carbocycles. The lowest BCUT2D eigenvalue weighted by molar-refractivity contribution is -0.126. The van der Waals surface area contributed by atoms with Crippen LogP contribution in [-0.2, 0) is 16.1 Å². The lowest BCUT2D eigenvalue weighted by Crippen LogP contribution is -2.47. The molecular weight excluding hydrogens is 389 g/mol. The Morgan fingerprint density at radius 2 is 1.96 bits per heavy atom. The van der Waals surface area contributed by atoms with Crippen molar-refractivity contribution in [2.24, 2.45) is 11.7 Å². The van der Waals surface area contributed by atoms with Crippen molar-refractivity contribution in [3.8, 4) is 0 Å².